The summed E-state index contributed by atoms with van der Waals surface area (Å²) in [6, 6.07) is 0. The lowest BCUT2D eigenvalue weighted by atomic mass is 10.1. The number of rotatable bonds is 10. The van der Waals surface area contributed by atoms with Crippen LogP contribution in [0.4, 0.5) is 4.39 Å². The number of carboxylic acid groups (broad SMARTS) is 1. The van der Waals surface area contributed by atoms with Crippen LogP contribution in [-0.2, 0) is 4.79 Å². The predicted octanol–water partition coefficient (Wildman–Crippen LogP) is 3.94. The first kappa shape index (κ1) is 14.4. The van der Waals surface area contributed by atoms with Gasteiger partial charge < -0.3 is 5.11 Å². The summed E-state index contributed by atoms with van der Waals surface area (Å²) in [5.74, 6) is -0.902. The summed E-state index contributed by atoms with van der Waals surface area (Å²) in [5, 5.41) is 8.36. The van der Waals surface area contributed by atoms with Gasteiger partial charge in [0.25, 0.3) is 0 Å². The number of hydrogen-bond acceptors (Lipinski definition) is 1. The Labute approximate surface area is 91.9 Å². The standard InChI is InChI=1S/C12H23FO2/c1-2-3-4-5-6-7-8-11(13)9-10-12(14)15/h11H,2-10H2,1H3,(H,14,15). The lowest BCUT2D eigenvalue weighted by Crippen LogP contribution is -2.04. The van der Waals surface area contributed by atoms with Crippen LogP contribution < -0.4 is 0 Å². The highest BCUT2D eigenvalue weighted by Crippen LogP contribution is 2.13. The molecule has 0 fully saturated rings. The Morgan fingerprint density at radius 2 is 1.73 bits per heavy atom. The quantitative estimate of drug-likeness (QED) is 0.564. The number of aliphatic carboxylic acids is 1. The second-order valence-corrected chi connectivity index (χ2v) is 4.09. The fraction of sp³-hybridized carbons (Fsp3) is 0.917. The summed E-state index contributed by atoms with van der Waals surface area (Å²) in [7, 11) is 0. The largest absolute Gasteiger partial charge is 0.481 e. The first-order chi connectivity index (χ1) is 7.16. The Bertz CT molecular complexity index is 160. The molecule has 0 saturated carbocycles. The topological polar surface area (TPSA) is 37.3 Å². The van der Waals surface area contributed by atoms with E-state index in [0.29, 0.717) is 6.42 Å². The van der Waals surface area contributed by atoms with Crippen LogP contribution in [0.15, 0.2) is 0 Å². The van der Waals surface area contributed by atoms with Crippen LogP contribution in [0.25, 0.3) is 0 Å². The minimum atomic E-state index is -0.924. The van der Waals surface area contributed by atoms with E-state index in [1.807, 2.05) is 0 Å². The average Bonchev–Trinajstić information content (AvgIpc) is 2.20. The third-order valence-electron chi connectivity index (χ3n) is 2.54. The summed E-state index contributed by atoms with van der Waals surface area (Å²) >= 11 is 0. The molecular formula is C12H23FO2. The lowest BCUT2D eigenvalue weighted by molar-refractivity contribution is -0.137. The fourth-order valence-corrected chi connectivity index (χ4v) is 1.57. The molecule has 90 valence electrons. The number of alkyl halides is 1. The molecule has 1 unspecified atom stereocenters. The van der Waals surface area contributed by atoms with Gasteiger partial charge >= 0.3 is 5.97 Å². The van der Waals surface area contributed by atoms with Gasteiger partial charge in [0.15, 0.2) is 0 Å². The maximum absolute atomic E-state index is 13.1. The molecule has 1 N–H and O–H groups in total. The molecule has 0 aliphatic carbocycles. The first-order valence-electron chi connectivity index (χ1n) is 6.02. The number of carbonyl (C=O) groups is 1. The number of unbranched alkanes of at least 4 members (excludes halogenated alkanes) is 5. The van der Waals surface area contributed by atoms with Crippen molar-refractivity contribution in [1.82, 2.24) is 0 Å². The van der Waals surface area contributed by atoms with Gasteiger partial charge in [-0.1, -0.05) is 45.4 Å². The maximum Gasteiger partial charge on any atom is 0.303 e. The van der Waals surface area contributed by atoms with Crippen LogP contribution in [0.2, 0.25) is 0 Å². The Kier molecular flexibility index (Phi) is 9.54. The zero-order valence-electron chi connectivity index (χ0n) is 9.67. The molecule has 0 saturated heterocycles. The Balaban J connectivity index is 3.16. The van der Waals surface area contributed by atoms with Crippen LogP contribution in [0.3, 0.4) is 0 Å². The number of hydrogen-bond donors (Lipinski definition) is 1. The lowest BCUT2D eigenvalue weighted by Gasteiger charge is -2.06. The molecule has 0 bridgehead atoms. The van der Waals surface area contributed by atoms with Gasteiger partial charge in [-0.15, -0.1) is 0 Å². The zero-order valence-corrected chi connectivity index (χ0v) is 9.67. The van der Waals surface area contributed by atoms with Gasteiger partial charge in [0.1, 0.15) is 6.17 Å². The van der Waals surface area contributed by atoms with E-state index in [2.05, 4.69) is 6.92 Å². The summed E-state index contributed by atoms with van der Waals surface area (Å²) in [5.41, 5.74) is 0. The SMILES string of the molecule is CCCCCCCCC(F)CCC(=O)O. The van der Waals surface area contributed by atoms with E-state index in [1.165, 1.54) is 25.7 Å². The van der Waals surface area contributed by atoms with Crippen LogP contribution in [-0.4, -0.2) is 17.2 Å². The van der Waals surface area contributed by atoms with Crippen LogP contribution in [0.1, 0.15) is 64.7 Å². The fourth-order valence-electron chi connectivity index (χ4n) is 1.57. The average molecular weight is 218 g/mol. The van der Waals surface area contributed by atoms with Gasteiger partial charge in [-0.05, 0) is 12.8 Å². The van der Waals surface area contributed by atoms with Crippen LogP contribution in [0.5, 0.6) is 0 Å². The molecule has 0 rings (SSSR count). The molecule has 2 nitrogen and oxygen atoms in total. The number of carboxylic acids is 1. The summed E-state index contributed by atoms with van der Waals surface area (Å²) in [6.07, 6.45) is 6.61. The van der Waals surface area contributed by atoms with Crippen molar-refractivity contribution < 1.29 is 14.3 Å². The van der Waals surface area contributed by atoms with Gasteiger partial charge in [0.2, 0.25) is 0 Å². The highest BCUT2D eigenvalue weighted by molar-refractivity contribution is 5.66. The van der Waals surface area contributed by atoms with Gasteiger partial charge in [-0.25, -0.2) is 4.39 Å². The Hall–Kier alpha value is -0.600. The molecule has 0 aromatic rings. The predicted molar refractivity (Wildman–Crippen MR) is 59.8 cm³/mol. The second kappa shape index (κ2) is 9.94. The van der Waals surface area contributed by atoms with Gasteiger partial charge in [-0.3, -0.25) is 4.79 Å². The summed E-state index contributed by atoms with van der Waals surface area (Å²) in [6.45, 7) is 2.17. The molecule has 0 aliphatic rings. The molecule has 0 spiro atoms. The molecule has 3 heteroatoms. The van der Waals surface area contributed by atoms with E-state index in [0.717, 1.165) is 12.8 Å². The van der Waals surface area contributed by atoms with E-state index in [-0.39, 0.29) is 12.8 Å². The highest BCUT2D eigenvalue weighted by Gasteiger charge is 2.08. The molecular weight excluding hydrogens is 195 g/mol. The van der Waals surface area contributed by atoms with Crippen molar-refractivity contribution in [3.63, 3.8) is 0 Å². The van der Waals surface area contributed by atoms with Gasteiger partial charge in [-0.2, -0.15) is 0 Å². The summed E-state index contributed by atoms with van der Waals surface area (Å²) < 4.78 is 13.1. The van der Waals surface area contributed by atoms with E-state index in [4.69, 9.17) is 5.11 Å². The van der Waals surface area contributed by atoms with Crippen LogP contribution >= 0.6 is 0 Å². The van der Waals surface area contributed by atoms with E-state index in [1.54, 1.807) is 0 Å². The third kappa shape index (κ3) is 11.3. The Morgan fingerprint density at radius 3 is 2.33 bits per heavy atom. The van der Waals surface area contributed by atoms with E-state index >= 15 is 0 Å². The minimum absolute atomic E-state index is 0.0446. The van der Waals surface area contributed by atoms with E-state index < -0.39 is 12.1 Å². The molecule has 0 aromatic carbocycles. The van der Waals surface area contributed by atoms with Crippen molar-refractivity contribution in [3.8, 4) is 0 Å². The molecule has 15 heavy (non-hydrogen) atoms. The van der Waals surface area contributed by atoms with Crippen molar-refractivity contribution in [1.29, 1.82) is 0 Å². The van der Waals surface area contributed by atoms with Crippen molar-refractivity contribution in [2.75, 3.05) is 0 Å². The highest BCUT2D eigenvalue weighted by atomic mass is 19.1. The molecule has 1 atom stereocenters. The van der Waals surface area contributed by atoms with Crippen molar-refractivity contribution in [2.24, 2.45) is 0 Å². The van der Waals surface area contributed by atoms with Crippen LogP contribution in [0, 0.1) is 0 Å². The molecule has 0 heterocycles. The maximum atomic E-state index is 13.1. The van der Waals surface area contributed by atoms with Crippen molar-refractivity contribution in [2.45, 2.75) is 70.9 Å². The monoisotopic (exact) mass is 218 g/mol. The molecule has 0 aromatic heterocycles. The number of halogens is 1. The van der Waals surface area contributed by atoms with Crippen molar-refractivity contribution >= 4 is 5.97 Å². The third-order valence-corrected chi connectivity index (χ3v) is 2.54. The molecule has 0 radical (unpaired) electrons. The van der Waals surface area contributed by atoms with E-state index in [9.17, 15) is 9.18 Å². The van der Waals surface area contributed by atoms with Gasteiger partial charge in [0, 0.05) is 6.42 Å². The Morgan fingerprint density at radius 1 is 1.13 bits per heavy atom. The van der Waals surface area contributed by atoms with Crippen molar-refractivity contribution in [3.05, 3.63) is 0 Å². The first-order valence-corrected chi connectivity index (χ1v) is 6.02. The second-order valence-electron chi connectivity index (χ2n) is 4.09. The minimum Gasteiger partial charge on any atom is -0.481 e. The summed E-state index contributed by atoms with van der Waals surface area (Å²) in [4.78, 5) is 10.2. The zero-order chi connectivity index (χ0) is 11.5. The molecule has 0 amide bonds. The normalized spacial score (nSPS) is 12.7. The van der Waals surface area contributed by atoms with Gasteiger partial charge in [0.05, 0.1) is 0 Å². The molecule has 0 aliphatic heterocycles. The smallest absolute Gasteiger partial charge is 0.303 e.